The van der Waals surface area contributed by atoms with Crippen molar-refractivity contribution in [3.05, 3.63) is 59.2 Å². The summed E-state index contributed by atoms with van der Waals surface area (Å²) in [5.41, 5.74) is 1.82. The number of carbonyl (C=O) groups is 2. The van der Waals surface area contributed by atoms with Gasteiger partial charge in [0.1, 0.15) is 0 Å². The number of rotatable bonds is 8. The molecule has 0 fully saturated rings. The number of halogens is 1. The lowest BCUT2D eigenvalue weighted by atomic mass is 10.1. The van der Waals surface area contributed by atoms with E-state index in [1.165, 1.54) is 0 Å². The molecular formula is C25H34ClNO5. The molecule has 2 aromatic carbocycles. The van der Waals surface area contributed by atoms with Crippen LogP contribution in [0.15, 0.2) is 42.5 Å². The van der Waals surface area contributed by atoms with Crippen molar-refractivity contribution in [2.45, 2.75) is 59.6 Å². The molecule has 0 aliphatic carbocycles. The van der Waals surface area contributed by atoms with Gasteiger partial charge in [0.05, 0.1) is 11.7 Å². The summed E-state index contributed by atoms with van der Waals surface area (Å²) < 4.78 is 11.0. The number of aryl methyl sites for hydroxylation is 1. The Bertz CT molecular complexity index is 904. The zero-order valence-corrected chi connectivity index (χ0v) is 20.4. The van der Waals surface area contributed by atoms with E-state index in [-0.39, 0.29) is 41.8 Å². The molecule has 0 aromatic heterocycles. The number of aliphatic hydroxyl groups is 1. The fourth-order valence-corrected chi connectivity index (χ4v) is 2.76. The molecule has 0 saturated heterocycles. The van der Waals surface area contributed by atoms with E-state index in [9.17, 15) is 14.7 Å². The molecule has 0 aliphatic rings. The third-order valence-corrected chi connectivity index (χ3v) is 4.47. The minimum Gasteiger partial charge on any atom is -0.422 e. The molecule has 32 heavy (non-hydrogen) atoms. The first-order valence-electron chi connectivity index (χ1n) is 10.5. The van der Waals surface area contributed by atoms with Gasteiger partial charge in [-0.25, -0.2) is 4.79 Å². The highest BCUT2D eigenvalue weighted by Gasteiger charge is 2.20. The topological polar surface area (TPSA) is 84.9 Å². The van der Waals surface area contributed by atoms with E-state index < -0.39 is 18.0 Å². The van der Waals surface area contributed by atoms with Crippen LogP contribution in [0.4, 0.5) is 0 Å². The van der Waals surface area contributed by atoms with Crippen molar-refractivity contribution >= 4 is 24.3 Å². The lowest BCUT2D eigenvalue weighted by Crippen LogP contribution is -2.38. The van der Waals surface area contributed by atoms with Crippen molar-refractivity contribution in [3.8, 4) is 11.5 Å². The zero-order valence-electron chi connectivity index (χ0n) is 19.6. The fraction of sp³-hybridized carbons (Fsp3) is 0.440. The summed E-state index contributed by atoms with van der Waals surface area (Å²) in [6.07, 6.45) is -0.590. The maximum Gasteiger partial charge on any atom is 0.343 e. The molecular weight excluding hydrogens is 430 g/mol. The Morgan fingerprint density at radius 2 is 1.62 bits per heavy atom. The molecule has 2 N–H and O–H groups in total. The summed E-state index contributed by atoms with van der Waals surface area (Å²) in [6, 6.07) is 11.7. The highest BCUT2D eigenvalue weighted by atomic mass is 35.5. The van der Waals surface area contributed by atoms with Crippen LogP contribution in [0, 0.1) is 12.8 Å². The Balaban J connectivity index is 0.00000512. The average molecular weight is 464 g/mol. The third-order valence-electron chi connectivity index (χ3n) is 4.47. The molecule has 0 bridgehead atoms. The fourth-order valence-electron chi connectivity index (χ4n) is 2.76. The predicted molar refractivity (Wildman–Crippen MR) is 128 cm³/mol. The van der Waals surface area contributed by atoms with Gasteiger partial charge in [-0.2, -0.15) is 0 Å². The van der Waals surface area contributed by atoms with Crippen molar-refractivity contribution < 1.29 is 24.2 Å². The van der Waals surface area contributed by atoms with Gasteiger partial charge < -0.3 is 19.9 Å². The van der Waals surface area contributed by atoms with E-state index in [0.717, 1.165) is 5.56 Å². The minimum atomic E-state index is -0.816. The minimum absolute atomic E-state index is 0. The van der Waals surface area contributed by atoms with Crippen molar-refractivity contribution in [1.82, 2.24) is 5.32 Å². The second kappa shape index (κ2) is 12.0. The predicted octanol–water partition coefficient (Wildman–Crippen LogP) is 5.01. The van der Waals surface area contributed by atoms with Gasteiger partial charge in [-0.3, -0.25) is 4.79 Å². The standard InChI is InChI=1S/C25H33NO5.ClH/c1-16(2)13-23(28)30-22-14-19(20(27)15-26-25(4,5)6)11-12-21(22)31-24(29)18-9-7-17(3)8-10-18;/h7-12,14,16,20,26-27H,13,15H2,1-6H3;1H. The summed E-state index contributed by atoms with van der Waals surface area (Å²) >= 11 is 0. The molecule has 176 valence electrons. The van der Waals surface area contributed by atoms with Crippen LogP contribution in [-0.4, -0.2) is 29.1 Å². The first-order chi connectivity index (χ1) is 14.4. The number of hydrogen-bond acceptors (Lipinski definition) is 6. The van der Waals surface area contributed by atoms with Gasteiger partial charge in [0.15, 0.2) is 11.5 Å². The van der Waals surface area contributed by atoms with E-state index in [1.54, 1.807) is 30.3 Å². The van der Waals surface area contributed by atoms with Crippen LogP contribution >= 0.6 is 12.4 Å². The largest absolute Gasteiger partial charge is 0.422 e. The van der Waals surface area contributed by atoms with E-state index in [4.69, 9.17) is 9.47 Å². The molecule has 0 amide bonds. The number of β-amino-alcohol motifs (C(OH)–C–C–N with tert-alkyl or cyclic N) is 1. The number of hydrogen-bond donors (Lipinski definition) is 2. The van der Waals surface area contributed by atoms with Gasteiger partial charge in [0.25, 0.3) is 0 Å². The SMILES string of the molecule is Cc1ccc(C(=O)Oc2ccc(C(O)CNC(C)(C)C)cc2OC(=O)CC(C)C)cc1.Cl. The van der Waals surface area contributed by atoms with Gasteiger partial charge >= 0.3 is 11.9 Å². The highest BCUT2D eigenvalue weighted by molar-refractivity contribution is 5.91. The quantitative estimate of drug-likeness (QED) is 0.423. The second-order valence-corrected chi connectivity index (χ2v) is 9.18. The van der Waals surface area contributed by atoms with Gasteiger partial charge in [-0.1, -0.05) is 37.6 Å². The van der Waals surface area contributed by atoms with E-state index in [1.807, 2.05) is 53.7 Å². The van der Waals surface area contributed by atoms with Crippen molar-refractivity contribution in [2.75, 3.05) is 6.54 Å². The smallest absolute Gasteiger partial charge is 0.343 e. The van der Waals surface area contributed by atoms with Crippen LogP contribution in [0.3, 0.4) is 0 Å². The Morgan fingerprint density at radius 3 is 2.19 bits per heavy atom. The Hall–Kier alpha value is -2.41. The summed E-state index contributed by atoms with van der Waals surface area (Å²) in [6.45, 7) is 12.1. The van der Waals surface area contributed by atoms with Gasteiger partial charge in [-0.15, -0.1) is 12.4 Å². The molecule has 2 rings (SSSR count). The summed E-state index contributed by atoms with van der Waals surface area (Å²) in [5.74, 6) is -0.623. The lowest BCUT2D eigenvalue weighted by Gasteiger charge is -2.23. The highest BCUT2D eigenvalue weighted by Crippen LogP contribution is 2.32. The molecule has 0 saturated carbocycles. The van der Waals surface area contributed by atoms with Crippen LogP contribution in [0.25, 0.3) is 0 Å². The van der Waals surface area contributed by atoms with Crippen LogP contribution < -0.4 is 14.8 Å². The summed E-state index contributed by atoms with van der Waals surface area (Å²) in [5, 5.41) is 13.8. The van der Waals surface area contributed by atoms with Crippen molar-refractivity contribution in [2.24, 2.45) is 5.92 Å². The monoisotopic (exact) mass is 463 g/mol. The number of esters is 2. The summed E-state index contributed by atoms with van der Waals surface area (Å²) in [7, 11) is 0. The van der Waals surface area contributed by atoms with E-state index in [0.29, 0.717) is 17.7 Å². The second-order valence-electron chi connectivity index (χ2n) is 9.18. The average Bonchev–Trinajstić information content (AvgIpc) is 2.66. The van der Waals surface area contributed by atoms with Gasteiger partial charge in [0.2, 0.25) is 0 Å². The molecule has 0 aliphatic heterocycles. The number of carbonyl (C=O) groups excluding carboxylic acids is 2. The van der Waals surface area contributed by atoms with E-state index in [2.05, 4.69) is 5.32 Å². The maximum absolute atomic E-state index is 12.6. The molecule has 7 heteroatoms. The molecule has 1 atom stereocenters. The number of nitrogens with one attached hydrogen (secondary N) is 1. The zero-order chi connectivity index (χ0) is 23.2. The molecule has 6 nitrogen and oxygen atoms in total. The van der Waals surface area contributed by atoms with Crippen molar-refractivity contribution in [1.29, 1.82) is 0 Å². The number of aliphatic hydroxyl groups excluding tert-OH is 1. The summed E-state index contributed by atoms with van der Waals surface area (Å²) in [4.78, 5) is 24.8. The molecule has 0 radical (unpaired) electrons. The Labute approximate surface area is 196 Å². The Kier molecular flexibility index (Phi) is 10.4. The maximum atomic E-state index is 12.6. The van der Waals surface area contributed by atoms with Gasteiger partial charge in [0, 0.05) is 18.5 Å². The first-order valence-corrected chi connectivity index (χ1v) is 10.5. The van der Waals surface area contributed by atoms with Crippen LogP contribution in [0.2, 0.25) is 0 Å². The molecule has 0 heterocycles. The molecule has 1 unspecified atom stereocenters. The van der Waals surface area contributed by atoms with Crippen LogP contribution in [0.1, 0.15) is 68.6 Å². The van der Waals surface area contributed by atoms with E-state index >= 15 is 0 Å². The van der Waals surface area contributed by atoms with Gasteiger partial charge in [-0.05, 0) is 63.4 Å². The van der Waals surface area contributed by atoms with Crippen molar-refractivity contribution in [3.63, 3.8) is 0 Å². The lowest BCUT2D eigenvalue weighted by molar-refractivity contribution is -0.135. The van der Waals surface area contributed by atoms with Crippen LogP contribution in [0.5, 0.6) is 11.5 Å². The number of benzene rings is 2. The number of ether oxygens (including phenoxy) is 2. The first kappa shape index (κ1) is 27.6. The Morgan fingerprint density at radius 1 is 1.00 bits per heavy atom. The third kappa shape index (κ3) is 8.99. The van der Waals surface area contributed by atoms with Crippen LogP contribution in [-0.2, 0) is 4.79 Å². The molecule has 2 aromatic rings. The normalized spacial score (nSPS) is 12.1. The molecule has 0 spiro atoms.